The molecule has 0 saturated heterocycles. The van der Waals surface area contributed by atoms with Crippen LogP contribution in [0.25, 0.3) is 0 Å². The van der Waals surface area contributed by atoms with Crippen molar-refractivity contribution in [3.63, 3.8) is 0 Å². The van der Waals surface area contributed by atoms with Crippen LogP contribution in [0.3, 0.4) is 0 Å². The van der Waals surface area contributed by atoms with Crippen LogP contribution in [-0.4, -0.2) is 48.7 Å². The van der Waals surface area contributed by atoms with Gasteiger partial charge < -0.3 is 19.5 Å². The Morgan fingerprint density at radius 2 is 1.73 bits per heavy atom. The molecule has 1 aromatic carbocycles. The SMILES string of the molecule is COc1cc(C(=O)NCCNS(=O)(=O)c2cccs2)cc(OC)c1OC. The predicted octanol–water partition coefficient (Wildman–Crippen LogP) is 1.48. The summed E-state index contributed by atoms with van der Waals surface area (Å²) in [4.78, 5) is 12.3. The van der Waals surface area contributed by atoms with Crippen LogP contribution in [0.15, 0.2) is 33.9 Å². The molecule has 1 heterocycles. The Kier molecular flexibility index (Phi) is 6.83. The van der Waals surface area contributed by atoms with E-state index in [1.54, 1.807) is 11.4 Å². The molecule has 2 aromatic rings. The summed E-state index contributed by atoms with van der Waals surface area (Å²) in [6, 6.07) is 6.21. The summed E-state index contributed by atoms with van der Waals surface area (Å²) in [5.41, 5.74) is 0.306. The lowest BCUT2D eigenvalue weighted by atomic mass is 10.1. The Hall–Kier alpha value is -2.30. The second-order valence-corrected chi connectivity index (χ2v) is 7.94. The summed E-state index contributed by atoms with van der Waals surface area (Å²) in [6.45, 7) is 0.191. The van der Waals surface area contributed by atoms with Gasteiger partial charge >= 0.3 is 0 Å². The number of hydrogen-bond donors (Lipinski definition) is 2. The number of amides is 1. The van der Waals surface area contributed by atoms with E-state index in [2.05, 4.69) is 10.0 Å². The van der Waals surface area contributed by atoms with Gasteiger partial charge in [0.25, 0.3) is 5.91 Å². The lowest BCUT2D eigenvalue weighted by Crippen LogP contribution is -2.34. The van der Waals surface area contributed by atoms with E-state index in [1.165, 1.54) is 39.5 Å². The summed E-state index contributed by atoms with van der Waals surface area (Å²) < 4.78 is 42.2. The largest absolute Gasteiger partial charge is 0.493 e. The molecule has 0 aliphatic carbocycles. The fourth-order valence-electron chi connectivity index (χ4n) is 2.16. The fourth-order valence-corrected chi connectivity index (χ4v) is 4.23. The second kappa shape index (κ2) is 8.88. The molecule has 8 nitrogen and oxygen atoms in total. The van der Waals surface area contributed by atoms with Crippen LogP contribution in [-0.2, 0) is 10.0 Å². The van der Waals surface area contributed by atoms with E-state index in [9.17, 15) is 13.2 Å². The Bertz CT molecular complexity index is 825. The Morgan fingerprint density at radius 1 is 1.08 bits per heavy atom. The Balaban J connectivity index is 1.98. The zero-order valence-corrected chi connectivity index (χ0v) is 16.2. The maximum absolute atomic E-state index is 12.3. The number of nitrogens with one attached hydrogen (secondary N) is 2. The normalized spacial score (nSPS) is 11.0. The van der Waals surface area contributed by atoms with Gasteiger partial charge in [0.15, 0.2) is 11.5 Å². The van der Waals surface area contributed by atoms with E-state index < -0.39 is 10.0 Å². The van der Waals surface area contributed by atoms with Crippen molar-refractivity contribution in [1.29, 1.82) is 0 Å². The van der Waals surface area contributed by atoms with Gasteiger partial charge in [0.05, 0.1) is 21.3 Å². The molecule has 0 atom stereocenters. The molecule has 2 rings (SSSR count). The van der Waals surface area contributed by atoms with Gasteiger partial charge in [-0.25, -0.2) is 13.1 Å². The predicted molar refractivity (Wildman–Crippen MR) is 97.9 cm³/mol. The third-order valence-corrected chi connectivity index (χ3v) is 6.25. The molecule has 1 amide bonds. The van der Waals surface area contributed by atoms with Crippen LogP contribution in [0.1, 0.15) is 10.4 Å². The van der Waals surface area contributed by atoms with Gasteiger partial charge in [0.2, 0.25) is 15.8 Å². The van der Waals surface area contributed by atoms with Crippen molar-refractivity contribution in [1.82, 2.24) is 10.0 Å². The molecule has 26 heavy (non-hydrogen) atoms. The summed E-state index contributed by atoms with van der Waals surface area (Å²) >= 11 is 1.13. The number of ether oxygens (including phenoxy) is 3. The average Bonchev–Trinajstić information content (AvgIpc) is 3.19. The Labute approximate surface area is 156 Å². The number of thiophene rings is 1. The van der Waals surface area contributed by atoms with Crippen molar-refractivity contribution >= 4 is 27.3 Å². The molecule has 0 spiro atoms. The summed E-state index contributed by atoms with van der Waals surface area (Å²) in [6.07, 6.45) is 0. The van der Waals surface area contributed by atoms with E-state index in [4.69, 9.17) is 14.2 Å². The van der Waals surface area contributed by atoms with E-state index in [0.717, 1.165) is 11.3 Å². The van der Waals surface area contributed by atoms with E-state index in [1.807, 2.05) is 0 Å². The molecule has 142 valence electrons. The quantitative estimate of drug-likeness (QED) is 0.618. The summed E-state index contributed by atoms with van der Waals surface area (Å²) in [7, 11) is 0.836. The highest BCUT2D eigenvalue weighted by atomic mass is 32.2. The number of hydrogen-bond acceptors (Lipinski definition) is 7. The highest BCUT2D eigenvalue weighted by Crippen LogP contribution is 2.38. The first kappa shape index (κ1) is 20.0. The Morgan fingerprint density at radius 3 is 2.23 bits per heavy atom. The fraction of sp³-hybridized carbons (Fsp3) is 0.312. The lowest BCUT2D eigenvalue weighted by molar-refractivity contribution is 0.0953. The van der Waals surface area contributed by atoms with Gasteiger partial charge in [0, 0.05) is 18.7 Å². The van der Waals surface area contributed by atoms with Gasteiger partial charge in [0.1, 0.15) is 4.21 Å². The molecule has 0 aliphatic rings. The van der Waals surface area contributed by atoms with Crippen molar-refractivity contribution in [2.75, 3.05) is 34.4 Å². The van der Waals surface area contributed by atoms with Gasteiger partial charge in [-0.3, -0.25) is 4.79 Å². The van der Waals surface area contributed by atoms with Crippen molar-refractivity contribution in [3.8, 4) is 17.2 Å². The zero-order chi connectivity index (χ0) is 19.2. The molecule has 2 N–H and O–H groups in total. The first-order chi connectivity index (χ1) is 12.4. The topological polar surface area (TPSA) is 103 Å². The van der Waals surface area contributed by atoms with Crippen LogP contribution in [0.2, 0.25) is 0 Å². The maximum atomic E-state index is 12.3. The van der Waals surface area contributed by atoms with Crippen molar-refractivity contribution < 1.29 is 27.4 Å². The smallest absolute Gasteiger partial charge is 0.251 e. The minimum Gasteiger partial charge on any atom is -0.493 e. The number of sulfonamides is 1. The number of methoxy groups -OCH3 is 3. The van der Waals surface area contributed by atoms with Crippen LogP contribution >= 0.6 is 11.3 Å². The molecular formula is C16H20N2O6S2. The first-order valence-corrected chi connectivity index (χ1v) is 9.90. The number of rotatable bonds is 9. The molecule has 10 heteroatoms. The summed E-state index contributed by atoms with van der Waals surface area (Å²) in [5.74, 6) is 0.709. The number of benzene rings is 1. The molecule has 0 radical (unpaired) electrons. The molecule has 0 unspecified atom stereocenters. The second-order valence-electron chi connectivity index (χ2n) is 5.00. The van der Waals surface area contributed by atoms with Crippen LogP contribution in [0, 0.1) is 0 Å². The minimum atomic E-state index is -3.55. The zero-order valence-electron chi connectivity index (χ0n) is 14.6. The number of carbonyl (C=O) groups excluding carboxylic acids is 1. The molecule has 1 aromatic heterocycles. The molecule has 0 bridgehead atoms. The average molecular weight is 400 g/mol. The van der Waals surface area contributed by atoms with Gasteiger partial charge in [-0.05, 0) is 23.6 Å². The third kappa shape index (κ3) is 4.65. The van der Waals surface area contributed by atoms with Gasteiger partial charge in [-0.15, -0.1) is 11.3 Å². The molecule has 0 fully saturated rings. The third-order valence-electron chi connectivity index (χ3n) is 3.39. The monoisotopic (exact) mass is 400 g/mol. The summed E-state index contributed by atoms with van der Waals surface area (Å²) in [5, 5.41) is 4.32. The van der Waals surface area contributed by atoms with Crippen molar-refractivity contribution in [2.24, 2.45) is 0 Å². The number of carbonyl (C=O) groups is 1. The standard InChI is InChI=1S/C16H20N2O6S2/c1-22-12-9-11(10-13(23-2)15(12)24-3)16(19)17-6-7-18-26(20,21)14-5-4-8-25-14/h4-5,8-10,18H,6-7H2,1-3H3,(H,17,19). The molecular weight excluding hydrogens is 380 g/mol. The molecule has 0 aliphatic heterocycles. The molecule has 0 saturated carbocycles. The van der Waals surface area contributed by atoms with Gasteiger partial charge in [-0.1, -0.05) is 6.07 Å². The van der Waals surface area contributed by atoms with Gasteiger partial charge in [-0.2, -0.15) is 0 Å². The first-order valence-electron chi connectivity index (χ1n) is 7.54. The van der Waals surface area contributed by atoms with Crippen LogP contribution in [0.4, 0.5) is 0 Å². The lowest BCUT2D eigenvalue weighted by Gasteiger charge is -2.14. The van der Waals surface area contributed by atoms with Crippen molar-refractivity contribution in [3.05, 3.63) is 35.2 Å². The highest BCUT2D eigenvalue weighted by Gasteiger charge is 2.17. The van der Waals surface area contributed by atoms with E-state index >= 15 is 0 Å². The van der Waals surface area contributed by atoms with Crippen LogP contribution < -0.4 is 24.2 Å². The van der Waals surface area contributed by atoms with E-state index in [0.29, 0.717) is 22.8 Å². The van der Waals surface area contributed by atoms with E-state index in [-0.39, 0.29) is 23.2 Å². The van der Waals surface area contributed by atoms with Crippen LogP contribution in [0.5, 0.6) is 17.2 Å². The highest BCUT2D eigenvalue weighted by molar-refractivity contribution is 7.91. The maximum Gasteiger partial charge on any atom is 0.251 e. The van der Waals surface area contributed by atoms with Crippen molar-refractivity contribution in [2.45, 2.75) is 4.21 Å². The minimum absolute atomic E-state index is 0.0659.